The highest BCUT2D eigenvalue weighted by Gasteiger charge is 2.23. The maximum absolute atomic E-state index is 12.3. The number of ether oxygens (including phenoxy) is 1. The van der Waals surface area contributed by atoms with Crippen molar-refractivity contribution in [1.82, 2.24) is 15.2 Å². The molecule has 0 spiro atoms. The number of hydrogen-bond donors (Lipinski definition) is 1. The molecule has 1 aliphatic rings. The SMILES string of the molecule is O=C(Cc1ccc(Cl)cc1)NCC(c1cccnc1)N1CCOCC1. The van der Waals surface area contributed by atoms with Crippen molar-refractivity contribution in [3.8, 4) is 0 Å². The van der Waals surface area contributed by atoms with E-state index in [-0.39, 0.29) is 11.9 Å². The minimum Gasteiger partial charge on any atom is -0.379 e. The first-order valence-corrected chi connectivity index (χ1v) is 8.83. The smallest absolute Gasteiger partial charge is 0.224 e. The molecule has 25 heavy (non-hydrogen) atoms. The molecule has 1 amide bonds. The number of halogens is 1. The van der Waals surface area contributed by atoms with E-state index in [0.29, 0.717) is 18.0 Å². The van der Waals surface area contributed by atoms with E-state index < -0.39 is 0 Å². The quantitative estimate of drug-likeness (QED) is 0.860. The lowest BCUT2D eigenvalue weighted by Crippen LogP contribution is -2.44. The number of aromatic nitrogens is 1. The average Bonchev–Trinajstić information content (AvgIpc) is 2.66. The summed E-state index contributed by atoms with van der Waals surface area (Å²) in [4.78, 5) is 18.9. The molecule has 1 aromatic heterocycles. The number of amides is 1. The van der Waals surface area contributed by atoms with Crippen LogP contribution < -0.4 is 5.32 Å². The van der Waals surface area contributed by atoms with Crippen molar-refractivity contribution in [2.75, 3.05) is 32.8 Å². The summed E-state index contributed by atoms with van der Waals surface area (Å²) in [7, 11) is 0. The molecule has 1 N–H and O–H groups in total. The van der Waals surface area contributed by atoms with Crippen LogP contribution in [0, 0.1) is 0 Å². The third-order valence-corrected chi connectivity index (χ3v) is 4.58. The Balaban J connectivity index is 1.61. The van der Waals surface area contributed by atoms with Gasteiger partial charge in [0.25, 0.3) is 0 Å². The third kappa shape index (κ3) is 5.26. The minimum atomic E-state index is 0.00414. The molecular weight excluding hydrogens is 338 g/mol. The van der Waals surface area contributed by atoms with Crippen LogP contribution in [0.3, 0.4) is 0 Å². The van der Waals surface area contributed by atoms with Crippen molar-refractivity contribution in [1.29, 1.82) is 0 Å². The van der Waals surface area contributed by atoms with Gasteiger partial charge in [-0.1, -0.05) is 29.8 Å². The molecule has 0 radical (unpaired) electrons. The summed E-state index contributed by atoms with van der Waals surface area (Å²) in [5.41, 5.74) is 2.06. The fourth-order valence-electron chi connectivity index (χ4n) is 2.98. The van der Waals surface area contributed by atoms with Crippen LogP contribution in [0.4, 0.5) is 0 Å². The van der Waals surface area contributed by atoms with Gasteiger partial charge in [-0.3, -0.25) is 14.7 Å². The van der Waals surface area contributed by atoms with Gasteiger partial charge in [0.1, 0.15) is 0 Å². The second-order valence-corrected chi connectivity index (χ2v) is 6.49. The van der Waals surface area contributed by atoms with E-state index in [0.717, 1.165) is 37.4 Å². The van der Waals surface area contributed by atoms with E-state index in [9.17, 15) is 4.79 Å². The van der Waals surface area contributed by atoms with Crippen LogP contribution in [0.2, 0.25) is 5.02 Å². The summed E-state index contributed by atoms with van der Waals surface area (Å²) < 4.78 is 5.44. The number of rotatable bonds is 6. The first-order chi connectivity index (χ1) is 12.2. The number of carbonyl (C=O) groups is 1. The maximum Gasteiger partial charge on any atom is 0.224 e. The van der Waals surface area contributed by atoms with Crippen LogP contribution in [0.5, 0.6) is 0 Å². The zero-order chi connectivity index (χ0) is 17.5. The number of benzene rings is 1. The highest BCUT2D eigenvalue weighted by Crippen LogP contribution is 2.20. The summed E-state index contributed by atoms with van der Waals surface area (Å²) in [6.45, 7) is 3.70. The minimum absolute atomic E-state index is 0.00414. The van der Waals surface area contributed by atoms with Gasteiger partial charge in [-0.05, 0) is 29.3 Å². The lowest BCUT2D eigenvalue weighted by molar-refractivity contribution is -0.120. The van der Waals surface area contributed by atoms with Crippen LogP contribution >= 0.6 is 11.6 Å². The number of hydrogen-bond acceptors (Lipinski definition) is 4. The first kappa shape index (κ1) is 17.9. The van der Waals surface area contributed by atoms with Crippen molar-refractivity contribution in [2.45, 2.75) is 12.5 Å². The van der Waals surface area contributed by atoms with Gasteiger partial charge in [-0.15, -0.1) is 0 Å². The Labute approximate surface area is 153 Å². The number of nitrogens with zero attached hydrogens (tertiary/aromatic N) is 2. The highest BCUT2D eigenvalue weighted by atomic mass is 35.5. The Hall–Kier alpha value is -1.95. The lowest BCUT2D eigenvalue weighted by atomic mass is 10.1. The van der Waals surface area contributed by atoms with Crippen molar-refractivity contribution < 1.29 is 9.53 Å². The van der Waals surface area contributed by atoms with E-state index in [1.807, 2.05) is 24.4 Å². The third-order valence-electron chi connectivity index (χ3n) is 4.33. The molecule has 2 heterocycles. The van der Waals surface area contributed by atoms with Gasteiger partial charge >= 0.3 is 0 Å². The Morgan fingerprint density at radius 1 is 1.24 bits per heavy atom. The molecule has 0 saturated carbocycles. The largest absolute Gasteiger partial charge is 0.379 e. The molecule has 3 rings (SSSR count). The van der Waals surface area contributed by atoms with Crippen molar-refractivity contribution in [2.24, 2.45) is 0 Å². The van der Waals surface area contributed by atoms with Gasteiger partial charge < -0.3 is 10.1 Å². The van der Waals surface area contributed by atoms with Gasteiger partial charge in [0, 0.05) is 37.1 Å². The van der Waals surface area contributed by atoms with E-state index >= 15 is 0 Å². The van der Waals surface area contributed by atoms with Crippen LogP contribution in [-0.4, -0.2) is 48.6 Å². The standard InChI is InChI=1S/C19H22ClN3O2/c20-17-5-3-15(4-6-17)12-19(24)22-14-18(16-2-1-7-21-13-16)23-8-10-25-11-9-23/h1-7,13,18H,8-12,14H2,(H,22,24). The van der Waals surface area contributed by atoms with Crippen LogP contribution in [0.25, 0.3) is 0 Å². The maximum atomic E-state index is 12.3. The summed E-state index contributed by atoms with van der Waals surface area (Å²) >= 11 is 5.88. The van der Waals surface area contributed by atoms with Gasteiger partial charge in [0.05, 0.1) is 25.7 Å². The summed E-state index contributed by atoms with van der Waals surface area (Å²) in [5, 5.41) is 3.73. The van der Waals surface area contributed by atoms with Crippen LogP contribution in [0.15, 0.2) is 48.8 Å². The molecular formula is C19H22ClN3O2. The topological polar surface area (TPSA) is 54.5 Å². The van der Waals surface area contributed by atoms with E-state index in [1.165, 1.54) is 0 Å². The normalized spacial score (nSPS) is 16.4. The van der Waals surface area contributed by atoms with Gasteiger partial charge in [0.2, 0.25) is 5.91 Å². The summed E-state index contributed by atoms with van der Waals surface area (Å²) in [5.74, 6) is 0.00414. The Bertz CT molecular complexity index is 673. The van der Waals surface area contributed by atoms with Crippen molar-refractivity contribution >= 4 is 17.5 Å². The molecule has 1 aliphatic heterocycles. The van der Waals surface area contributed by atoms with E-state index in [4.69, 9.17) is 16.3 Å². The fraction of sp³-hybridized carbons (Fsp3) is 0.368. The predicted molar refractivity (Wildman–Crippen MR) is 97.5 cm³/mol. The molecule has 0 aliphatic carbocycles. The molecule has 6 heteroatoms. The molecule has 1 saturated heterocycles. The number of pyridine rings is 1. The Morgan fingerprint density at radius 2 is 2.00 bits per heavy atom. The van der Waals surface area contributed by atoms with Gasteiger partial charge in [-0.25, -0.2) is 0 Å². The predicted octanol–water partition coefficient (Wildman–Crippen LogP) is 2.47. The van der Waals surface area contributed by atoms with Crippen molar-refractivity contribution in [3.05, 3.63) is 64.9 Å². The summed E-state index contributed by atoms with van der Waals surface area (Å²) in [6, 6.07) is 11.4. The molecule has 1 unspecified atom stereocenters. The molecule has 1 aromatic carbocycles. The van der Waals surface area contributed by atoms with E-state index in [2.05, 4.69) is 21.3 Å². The van der Waals surface area contributed by atoms with Gasteiger partial charge in [-0.2, -0.15) is 0 Å². The average molecular weight is 360 g/mol. The molecule has 1 atom stereocenters. The van der Waals surface area contributed by atoms with Crippen LogP contribution in [-0.2, 0) is 16.0 Å². The molecule has 132 valence electrons. The Kier molecular flexibility index (Phi) is 6.39. The van der Waals surface area contributed by atoms with Gasteiger partial charge in [0.15, 0.2) is 0 Å². The monoisotopic (exact) mass is 359 g/mol. The van der Waals surface area contributed by atoms with E-state index in [1.54, 1.807) is 18.3 Å². The number of morpholine rings is 1. The van der Waals surface area contributed by atoms with Crippen molar-refractivity contribution in [3.63, 3.8) is 0 Å². The second-order valence-electron chi connectivity index (χ2n) is 6.06. The molecule has 2 aromatic rings. The number of carbonyl (C=O) groups excluding carboxylic acids is 1. The first-order valence-electron chi connectivity index (χ1n) is 8.45. The highest BCUT2D eigenvalue weighted by molar-refractivity contribution is 6.30. The summed E-state index contributed by atoms with van der Waals surface area (Å²) in [6.07, 6.45) is 3.98. The molecule has 5 nitrogen and oxygen atoms in total. The fourth-order valence-corrected chi connectivity index (χ4v) is 3.11. The lowest BCUT2D eigenvalue weighted by Gasteiger charge is -2.34. The molecule has 1 fully saturated rings. The second kappa shape index (κ2) is 8.94. The number of nitrogens with one attached hydrogen (secondary N) is 1. The molecule has 0 bridgehead atoms. The van der Waals surface area contributed by atoms with Crippen LogP contribution in [0.1, 0.15) is 17.2 Å². The Morgan fingerprint density at radius 3 is 2.68 bits per heavy atom. The zero-order valence-corrected chi connectivity index (χ0v) is 14.8. The zero-order valence-electron chi connectivity index (χ0n) is 14.0.